The molecule has 0 aliphatic heterocycles. The molecule has 1 aromatic heterocycles. The van der Waals surface area contributed by atoms with E-state index in [0.29, 0.717) is 0 Å². The van der Waals surface area contributed by atoms with Gasteiger partial charge < -0.3 is 0 Å². The number of aromatic nitrogens is 3. The van der Waals surface area contributed by atoms with Crippen LogP contribution in [0.1, 0.15) is 24.8 Å². The van der Waals surface area contributed by atoms with Crippen molar-refractivity contribution in [3.8, 4) is 0 Å². The van der Waals surface area contributed by atoms with E-state index in [2.05, 4.69) is 72.5 Å². The average Bonchev–Trinajstić information content (AvgIpc) is 3.08. The molecule has 112 valence electrons. The van der Waals surface area contributed by atoms with Gasteiger partial charge in [0.15, 0.2) is 0 Å². The van der Waals surface area contributed by atoms with Crippen LogP contribution in [0.25, 0.3) is 0 Å². The van der Waals surface area contributed by atoms with Gasteiger partial charge in [-0.05, 0) is 17.7 Å². The molecule has 0 spiro atoms. The highest BCUT2D eigenvalue weighted by Crippen LogP contribution is 2.45. The van der Waals surface area contributed by atoms with Crippen molar-refractivity contribution in [2.45, 2.75) is 29.5 Å². The quantitative estimate of drug-likeness (QED) is 0.648. The zero-order chi connectivity index (χ0) is 15.4. The summed E-state index contributed by atoms with van der Waals surface area (Å²) in [5.41, 5.74) is 1.20. The van der Waals surface area contributed by atoms with Gasteiger partial charge in [0, 0.05) is 10.3 Å². The predicted octanol–water partition coefficient (Wildman–Crippen LogP) is 4.55. The first kappa shape index (κ1) is 14.9. The second-order valence-corrected chi connectivity index (χ2v) is 6.90. The van der Waals surface area contributed by atoms with Crippen LogP contribution in [0.3, 0.4) is 0 Å². The Morgan fingerprint density at radius 2 is 1.59 bits per heavy atom. The summed E-state index contributed by atoms with van der Waals surface area (Å²) in [6.07, 6.45) is 3.39. The normalized spacial score (nSPS) is 13.0. The average molecular weight is 309 g/mol. The highest BCUT2D eigenvalue weighted by Gasteiger charge is 2.34. The molecule has 0 saturated carbocycles. The Kier molecular flexibility index (Phi) is 4.29. The molecule has 1 heterocycles. The van der Waals surface area contributed by atoms with Crippen LogP contribution in [-0.2, 0) is 5.41 Å². The van der Waals surface area contributed by atoms with Crippen molar-refractivity contribution in [3.05, 3.63) is 78.9 Å². The second-order valence-electron chi connectivity index (χ2n) is 5.75. The smallest absolute Gasteiger partial charge is 0.137 e. The summed E-state index contributed by atoms with van der Waals surface area (Å²) in [6.45, 7) is 4.51. The number of nitrogens with zero attached hydrogens (tertiary/aromatic N) is 3. The predicted molar refractivity (Wildman–Crippen MR) is 90.8 cm³/mol. The van der Waals surface area contributed by atoms with Crippen LogP contribution >= 0.6 is 11.8 Å². The molecule has 4 heteroatoms. The minimum atomic E-state index is -0.0878. The molecule has 3 rings (SSSR count). The number of thioether (sulfide) groups is 1. The molecule has 0 amide bonds. The SMILES string of the molecule is CC(C)(c1ccccc1)C(Sc1ccccc1)n1cncn1. The van der Waals surface area contributed by atoms with E-state index in [1.165, 1.54) is 10.5 Å². The van der Waals surface area contributed by atoms with Gasteiger partial charge in [0.25, 0.3) is 0 Å². The fourth-order valence-electron chi connectivity index (χ4n) is 2.51. The first-order chi connectivity index (χ1) is 10.7. The molecule has 0 saturated heterocycles. The third-order valence-corrected chi connectivity index (χ3v) is 5.38. The maximum atomic E-state index is 4.39. The van der Waals surface area contributed by atoms with Crippen molar-refractivity contribution >= 4 is 11.8 Å². The lowest BCUT2D eigenvalue weighted by Gasteiger charge is -2.34. The van der Waals surface area contributed by atoms with Crippen LogP contribution in [0.2, 0.25) is 0 Å². The van der Waals surface area contributed by atoms with E-state index in [1.807, 2.05) is 28.6 Å². The Morgan fingerprint density at radius 3 is 2.18 bits per heavy atom. The van der Waals surface area contributed by atoms with Crippen LogP contribution in [0.5, 0.6) is 0 Å². The maximum absolute atomic E-state index is 4.39. The first-order valence-corrected chi connectivity index (χ1v) is 8.17. The number of benzene rings is 2. The third kappa shape index (κ3) is 3.07. The Balaban J connectivity index is 1.99. The van der Waals surface area contributed by atoms with E-state index in [4.69, 9.17) is 0 Å². The lowest BCUT2D eigenvalue weighted by Crippen LogP contribution is -2.29. The van der Waals surface area contributed by atoms with Crippen LogP contribution in [-0.4, -0.2) is 14.8 Å². The topological polar surface area (TPSA) is 30.7 Å². The number of hydrogen-bond acceptors (Lipinski definition) is 3. The molecule has 3 aromatic rings. The zero-order valence-corrected chi connectivity index (χ0v) is 13.6. The number of hydrogen-bond donors (Lipinski definition) is 0. The van der Waals surface area contributed by atoms with Gasteiger partial charge in [-0.2, -0.15) is 5.10 Å². The number of rotatable bonds is 5. The molecule has 0 bridgehead atoms. The fourth-order valence-corrected chi connectivity index (χ4v) is 3.73. The van der Waals surface area contributed by atoms with Gasteiger partial charge in [0.05, 0.1) is 0 Å². The molecule has 0 fully saturated rings. The van der Waals surface area contributed by atoms with Gasteiger partial charge in [0.2, 0.25) is 0 Å². The largest absolute Gasteiger partial charge is 0.239 e. The molecule has 22 heavy (non-hydrogen) atoms. The van der Waals surface area contributed by atoms with E-state index >= 15 is 0 Å². The molecule has 0 aliphatic carbocycles. The van der Waals surface area contributed by atoms with Gasteiger partial charge in [0.1, 0.15) is 18.0 Å². The van der Waals surface area contributed by atoms with Gasteiger partial charge in [-0.15, -0.1) is 0 Å². The van der Waals surface area contributed by atoms with E-state index in [9.17, 15) is 0 Å². The Labute approximate surface area is 135 Å². The van der Waals surface area contributed by atoms with E-state index < -0.39 is 0 Å². The summed E-state index contributed by atoms with van der Waals surface area (Å²) in [7, 11) is 0. The minimum absolute atomic E-state index is 0.0878. The maximum Gasteiger partial charge on any atom is 0.137 e. The van der Waals surface area contributed by atoms with Crippen LogP contribution < -0.4 is 0 Å². The van der Waals surface area contributed by atoms with Crippen molar-refractivity contribution < 1.29 is 0 Å². The van der Waals surface area contributed by atoms with E-state index in [-0.39, 0.29) is 10.8 Å². The molecular formula is C18H19N3S. The van der Waals surface area contributed by atoms with E-state index in [0.717, 1.165) is 0 Å². The Bertz CT molecular complexity index is 694. The summed E-state index contributed by atoms with van der Waals surface area (Å²) < 4.78 is 1.95. The van der Waals surface area contributed by atoms with Crippen molar-refractivity contribution in [2.75, 3.05) is 0 Å². The lowest BCUT2D eigenvalue weighted by atomic mass is 9.84. The van der Waals surface area contributed by atoms with Crippen LogP contribution in [0.15, 0.2) is 78.2 Å². The molecule has 1 unspecified atom stereocenters. The van der Waals surface area contributed by atoms with Crippen molar-refractivity contribution in [1.82, 2.24) is 14.8 Å². The summed E-state index contributed by atoms with van der Waals surface area (Å²) in [6, 6.07) is 21.0. The second kappa shape index (κ2) is 6.36. The minimum Gasteiger partial charge on any atom is -0.239 e. The van der Waals surface area contributed by atoms with E-state index in [1.54, 1.807) is 12.7 Å². The molecular weight excluding hydrogens is 290 g/mol. The Hall–Kier alpha value is -2.07. The monoisotopic (exact) mass is 309 g/mol. The zero-order valence-electron chi connectivity index (χ0n) is 12.8. The summed E-state index contributed by atoms with van der Waals surface area (Å²) >= 11 is 1.81. The molecule has 1 atom stereocenters. The highest BCUT2D eigenvalue weighted by molar-refractivity contribution is 7.99. The molecule has 3 nitrogen and oxygen atoms in total. The summed E-state index contributed by atoms with van der Waals surface area (Å²) in [5.74, 6) is 0. The Morgan fingerprint density at radius 1 is 0.955 bits per heavy atom. The van der Waals surface area contributed by atoms with Crippen LogP contribution in [0, 0.1) is 0 Å². The van der Waals surface area contributed by atoms with Gasteiger partial charge in [-0.25, -0.2) is 9.67 Å². The molecule has 0 aliphatic rings. The van der Waals surface area contributed by atoms with Gasteiger partial charge in [-0.3, -0.25) is 0 Å². The van der Waals surface area contributed by atoms with Crippen molar-refractivity contribution in [2.24, 2.45) is 0 Å². The fraction of sp³-hybridized carbons (Fsp3) is 0.222. The summed E-state index contributed by atoms with van der Waals surface area (Å²) in [5, 5.41) is 4.51. The van der Waals surface area contributed by atoms with Crippen LogP contribution in [0.4, 0.5) is 0 Å². The molecule has 2 aromatic carbocycles. The highest BCUT2D eigenvalue weighted by atomic mass is 32.2. The van der Waals surface area contributed by atoms with Gasteiger partial charge >= 0.3 is 0 Å². The first-order valence-electron chi connectivity index (χ1n) is 7.29. The van der Waals surface area contributed by atoms with Crippen molar-refractivity contribution in [3.63, 3.8) is 0 Å². The molecule has 0 radical (unpaired) electrons. The van der Waals surface area contributed by atoms with Crippen molar-refractivity contribution in [1.29, 1.82) is 0 Å². The summed E-state index contributed by atoms with van der Waals surface area (Å²) in [4.78, 5) is 5.36. The third-order valence-electron chi connectivity index (χ3n) is 3.80. The lowest BCUT2D eigenvalue weighted by molar-refractivity contribution is 0.394. The van der Waals surface area contributed by atoms with Gasteiger partial charge in [-0.1, -0.05) is 74.1 Å². The standard InChI is InChI=1S/C18H19N3S/c1-18(2,15-9-5-3-6-10-15)17(21-14-19-13-20-21)22-16-11-7-4-8-12-16/h3-14,17H,1-2H3. The molecule has 0 N–H and O–H groups in total.